The van der Waals surface area contributed by atoms with Gasteiger partial charge in [-0.1, -0.05) is 0 Å². The van der Waals surface area contributed by atoms with Crippen LogP contribution in [0.15, 0.2) is 35.0 Å². The van der Waals surface area contributed by atoms with Crippen LogP contribution in [0.4, 0.5) is 11.4 Å². The number of nitrogens with zero attached hydrogens (tertiary/aromatic N) is 1. The van der Waals surface area contributed by atoms with Crippen LogP contribution in [0.5, 0.6) is 0 Å². The van der Waals surface area contributed by atoms with Crippen molar-refractivity contribution in [3.05, 3.63) is 46.2 Å². The lowest BCUT2D eigenvalue weighted by Gasteiger charge is -2.21. The summed E-state index contributed by atoms with van der Waals surface area (Å²) < 4.78 is 4.80. The van der Waals surface area contributed by atoms with Crippen LogP contribution in [-0.4, -0.2) is 20.1 Å². The van der Waals surface area contributed by atoms with Crippen molar-refractivity contribution in [2.75, 3.05) is 24.8 Å². The molecular formula is C14H16N2O2S. The van der Waals surface area contributed by atoms with Crippen LogP contribution in [0.25, 0.3) is 0 Å². The van der Waals surface area contributed by atoms with Crippen LogP contribution in [-0.2, 0) is 11.3 Å². The van der Waals surface area contributed by atoms with Crippen molar-refractivity contribution in [2.45, 2.75) is 6.54 Å². The summed E-state index contributed by atoms with van der Waals surface area (Å²) in [7, 11) is 3.31. The molecule has 1 aromatic carbocycles. The Morgan fingerprint density at radius 1 is 1.42 bits per heavy atom. The van der Waals surface area contributed by atoms with Crippen molar-refractivity contribution in [3.8, 4) is 0 Å². The number of nitrogen functional groups attached to an aromatic ring is 1. The summed E-state index contributed by atoms with van der Waals surface area (Å²) in [6.45, 7) is 0.734. The summed E-state index contributed by atoms with van der Waals surface area (Å²) in [4.78, 5) is 13.8. The van der Waals surface area contributed by atoms with Crippen molar-refractivity contribution >= 4 is 28.7 Å². The average Bonchev–Trinajstić information content (AvgIpc) is 2.90. The largest absolute Gasteiger partial charge is 0.465 e. The molecule has 2 N–H and O–H groups in total. The molecule has 4 nitrogen and oxygen atoms in total. The number of hydrogen-bond acceptors (Lipinski definition) is 5. The molecule has 0 fully saturated rings. The number of anilines is 2. The minimum absolute atomic E-state index is 0.375. The van der Waals surface area contributed by atoms with E-state index < -0.39 is 0 Å². The van der Waals surface area contributed by atoms with E-state index in [0.717, 1.165) is 12.2 Å². The number of methoxy groups -OCH3 is 1. The molecule has 0 saturated carbocycles. The van der Waals surface area contributed by atoms with Gasteiger partial charge in [-0.15, -0.1) is 0 Å². The first kappa shape index (κ1) is 13.4. The number of esters is 1. The summed E-state index contributed by atoms with van der Waals surface area (Å²) >= 11 is 1.66. The van der Waals surface area contributed by atoms with Crippen LogP contribution >= 0.6 is 11.3 Å². The first-order chi connectivity index (χ1) is 9.11. The number of carbonyl (C=O) groups excluding carboxylic acids is 1. The fraction of sp³-hybridized carbons (Fsp3) is 0.214. The predicted octanol–water partition coefficient (Wildman–Crippen LogP) is 2.75. The number of hydrogen-bond donors (Lipinski definition) is 1. The second-order valence-corrected chi connectivity index (χ2v) is 5.04. The number of carbonyl (C=O) groups is 1. The van der Waals surface area contributed by atoms with E-state index >= 15 is 0 Å². The van der Waals surface area contributed by atoms with Crippen LogP contribution in [0.3, 0.4) is 0 Å². The van der Waals surface area contributed by atoms with E-state index in [1.807, 2.05) is 23.4 Å². The maximum absolute atomic E-state index is 11.8. The molecule has 2 aromatic rings. The molecular weight excluding hydrogens is 260 g/mol. The molecule has 0 saturated heterocycles. The Bertz CT molecular complexity index is 567. The van der Waals surface area contributed by atoms with E-state index in [-0.39, 0.29) is 5.97 Å². The molecule has 1 aromatic heterocycles. The SMILES string of the molecule is COC(=O)c1cc(N)ccc1N(C)Cc1ccsc1. The Morgan fingerprint density at radius 3 is 2.84 bits per heavy atom. The van der Waals surface area contributed by atoms with Crippen molar-refractivity contribution in [1.29, 1.82) is 0 Å². The highest BCUT2D eigenvalue weighted by molar-refractivity contribution is 7.07. The van der Waals surface area contributed by atoms with Crippen LogP contribution < -0.4 is 10.6 Å². The molecule has 19 heavy (non-hydrogen) atoms. The summed E-state index contributed by atoms with van der Waals surface area (Å²) in [5.74, 6) is -0.375. The lowest BCUT2D eigenvalue weighted by Crippen LogP contribution is -2.19. The molecule has 0 aliphatic rings. The van der Waals surface area contributed by atoms with Crippen molar-refractivity contribution in [1.82, 2.24) is 0 Å². The Balaban J connectivity index is 2.30. The molecule has 100 valence electrons. The van der Waals surface area contributed by atoms with E-state index in [1.54, 1.807) is 23.5 Å². The van der Waals surface area contributed by atoms with Crippen LogP contribution in [0.1, 0.15) is 15.9 Å². The quantitative estimate of drug-likeness (QED) is 0.689. The highest BCUT2D eigenvalue weighted by Gasteiger charge is 2.15. The summed E-state index contributed by atoms with van der Waals surface area (Å²) in [5.41, 5.74) is 8.79. The number of thiophene rings is 1. The van der Waals surface area contributed by atoms with Gasteiger partial charge in [0.15, 0.2) is 0 Å². The molecule has 2 rings (SSSR count). The zero-order chi connectivity index (χ0) is 13.8. The van der Waals surface area contributed by atoms with E-state index in [0.29, 0.717) is 11.3 Å². The normalized spacial score (nSPS) is 10.2. The standard InChI is InChI=1S/C14H16N2O2S/c1-16(8-10-5-6-19-9-10)13-4-3-11(15)7-12(13)14(17)18-2/h3-7,9H,8,15H2,1-2H3. The van der Waals surface area contributed by atoms with Gasteiger partial charge in [-0.25, -0.2) is 4.79 Å². The maximum Gasteiger partial charge on any atom is 0.340 e. The van der Waals surface area contributed by atoms with Crippen LogP contribution in [0, 0.1) is 0 Å². The van der Waals surface area contributed by atoms with Gasteiger partial charge in [-0.2, -0.15) is 11.3 Å². The molecule has 0 atom stereocenters. The highest BCUT2D eigenvalue weighted by Crippen LogP contribution is 2.24. The van der Waals surface area contributed by atoms with Crippen molar-refractivity contribution in [2.24, 2.45) is 0 Å². The molecule has 5 heteroatoms. The topological polar surface area (TPSA) is 55.6 Å². The number of ether oxygens (including phenoxy) is 1. The number of rotatable bonds is 4. The summed E-state index contributed by atoms with van der Waals surface area (Å²) in [6, 6.07) is 7.33. The first-order valence-corrected chi connectivity index (χ1v) is 6.76. The van der Waals surface area contributed by atoms with E-state index in [1.165, 1.54) is 12.7 Å². The number of benzene rings is 1. The lowest BCUT2D eigenvalue weighted by molar-refractivity contribution is 0.0601. The average molecular weight is 276 g/mol. The third-order valence-corrected chi connectivity index (χ3v) is 3.57. The molecule has 0 aliphatic heterocycles. The zero-order valence-electron chi connectivity index (χ0n) is 10.9. The Labute approximate surface area is 116 Å². The van der Waals surface area contributed by atoms with E-state index in [4.69, 9.17) is 10.5 Å². The predicted molar refractivity (Wildman–Crippen MR) is 78.6 cm³/mol. The van der Waals surface area contributed by atoms with Gasteiger partial charge in [0.2, 0.25) is 0 Å². The summed E-state index contributed by atoms with van der Waals surface area (Å²) in [6.07, 6.45) is 0. The van der Waals surface area contributed by atoms with Gasteiger partial charge in [0.25, 0.3) is 0 Å². The second-order valence-electron chi connectivity index (χ2n) is 4.26. The van der Waals surface area contributed by atoms with E-state index in [2.05, 4.69) is 11.4 Å². The minimum Gasteiger partial charge on any atom is -0.465 e. The van der Waals surface area contributed by atoms with Gasteiger partial charge < -0.3 is 15.4 Å². The molecule has 0 amide bonds. The third-order valence-electron chi connectivity index (χ3n) is 2.84. The lowest BCUT2D eigenvalue weighted by atomic mass is 10.1. The van der Waals surface area contributed by atoms with Gasteiger partial charge in [-0.05, 0) is 40.6 Å². The minimum atomic E-state index is -0.375. The molecule has 0 aliphatic carbocycles. The van der Waals surface area contributed by atoms with Gasteiger partial charge in [-0.3, -0.25) is 0 Å². The van der Waals surface area contributed by atoms with Crippen LogP contribution in [0.2, 0.25) is 0 Å². The zero-order valence-corrected chi connectivity index (χ0v) is 11.7. The number of nitrogens with two attached hydrogens (primary N) is 1. The first-order valence-electron chi connectivity index (χ1n) is 5.82. The molecule has 0 radical (unpaired) electrons. The highest BCUT2D eigenvalue weighted by atomic mass is 32.1. The maximum atomic E-state index is 11.8. The fourth-order valence-electron chi connectivity index (χ4n) is 1.90. The monoisotopic (exact) mass is 276 g/mol. The molecule has 1 heterocycles. The third kappa shape index (κ3) is 3.06. The van der Waals surface area contributed by atoms with Crippen molar-refractivity contribution in [3.63, 3.8) is 0 Å². The molecule has 0 spiro atoms. The Hall–Kier alpha value is -2.01. The molecule has 0 unspecified atom stereocenters. The fourth-order valence-corrected chi connectivity index (χ4v) is 2.56. The Morgan fingerprint density at radius 2 is 2.21 bits per heavy atom. The van der Waals surface area contributed by atoms with E-state index in [9.17, 15) is 4.79 Å². The van der Waals surface area contributed by atoms with Gasteiger partial charge >= 0.3 is 5.97 Å². The smallest absolute Gasteiger partial charge is 0.340 e. The second kappa shape index (κ2) is 5.75. The van der Waals surface area contributed by atoms with Gasteiger partial charge in [0.05, 0.1) is 18.4 Å². The Kier molecular flexibility index (Phi) is 4.06. The van der Waals surface area contributed by atoms with Gasteiger partial charge in [0, 0.05) is 19.3 Å². The van der Waals surface area contributed by atoms with Crippen molar-refractivity contribution < 1.29 is 9.53 Å². The molecule has 0 bridgehead atoms. The van der Waals surface area contributed by atoms with Gasteiger partial charge in [0.1, 0.15) is 0 Å². The summed E-state index contributed by atoms with van der Waals surface area (Å²) in [5, 5.41) is 4.12.